The number of hydrogen-bond donors (Lipinski definition) is 1. The van der Waals surface area contributed by atoms with E-state index in [0.717, 1.165) is 5.56 Å². The molecule has 26 heavy (non-hydrogen) atoms. The predicted octanol–water partition coefficient (Wildman–Crippen LogP) is 3.16. The highest BCUT2D eigenvalue weighted by atomic mass is 16.7. The zero-order chi connectivity index (χ0) is 18.9. The van der Waals surface area contributed by atoms with Crippen molar-refractivity contribution >= 4 is 12.0 Å². The number of rotatable bonds is 4. The van der Waals surface area contributed by atoms with Crippen LogP contribution in [0.15, 0.2) is 28.8 Å². The van der Waals surface area contributed by atoms with E-state index in [1.807, 2.05) is 52.8 Å². The summed E-state index contributed by atoms with van der Waals surface area (Å²) in [5, 5.41) is 6.90. The van der Waals surface area contributed by atoms with Crippen molar-refractivity contribution in [2.24, 2.45) is 0 Å². The zero-order valence-electron chi connectivity index (χ0n) is 15.6. The number of aromatic nitrogens is 2. The number of benzene rings is 1. The smallest absolute Gasteiger partial charge is 0.244 e. The summed E-state index contributed by atoms with van der Waals surface area (Å²) in [6, 6.07) is 5.50. The number of nitrogens with zero attached hydrogens (tertiary/aromatic N) is 2. The molecule has 1 aliphatic rings. The molecule has 0 unspecified atom stereocenters. The maximum absolute atomic E-state index is 12.3. The van der Waals surface area contributed by atoms with Crippen molar-refractivity contribution in [3.8, 4) is 11.5 Å². The Kier molecular flexibility index (Phi) is 4.48. The number of carbonyl (C=O) groups excluding carboxylic acids is 1. The first kappa shape index (κ1) is 18.0. The van der Waals surface area contributed by atoms with Crippen LogP contribution in [0.4, 0.5) is 0 Å². The van der Waals surface area contributed by atoms with Gasteiger partial charge in [0.15, 0.2) is 17.3 Å². The monoisotopic (exact) mass is 357 g/mol. The van der Waals surface area contributed by atoms with Crippen LogP contribution in [0.5, 0.6) is 11.5 Å². The SMILES string of the molecule is CC(C)(C)c1nc(C(C)(C)NC(=O)/C=C/c2ccc3c(c2)OCO3)no1. The van der Waals surface area contributed by atoms with Gasteiger partial charge in [-0.15, -0.1) is 0 Å². The minimum Gasteiger partial charge on any atom is -0.454 e. The van der Waals surface area contributed by atoms with Crippen LogP contribution in [0.3, 0.4) is 0 Å². The molecule has 3 rings (SSSR count). The molecule has 0 atom stereocenters. The Morgan fingerprint density at radius 3 is 2.58 bits per heavy atom. The Morgan fingerprint density at radius 1 is 1.15 bits per heavy atom. The number of amides is 1. The minimum absolute atomic E-state index is 0.221. The highest BCUT2D eigenvalue weighted by Gasteiger charge is 2.31. The molecule has 1 aromatic carbocycles. The summed E-state index contributed by atoms with van der Waals surface area (Å²) in [6.07, 6.45) is 3.17. The molecule has 1 aromatic heterocycles. The van der Waals surface area contributed by atoms with Gasteiger partial charge >= 0.3 is 0 Å². The second-order valence-corrected chi connectivity index (χ2v) is 7.73. The first-order valence-corrected chi connectivity index (χ1v) is 8.40. The third kappa shape index (κ3) is 3.87. The van der Waals surface area contributed by atoms with E-state index in [0.29, 0.717) is 23.2 Å². The van der Waals surface area contributed by atoms with Gasteiger partial charge in [-0.05, 0) is 37.6 Å². The molecule has 0 radical (unpaired) electrons. The summed E-state index contributed by atoms with van der Waals surface area (Å²) in [5.41, 5.74) is -0.162. The quantitative estimate of drug-likeness (QED) is 0.846. The van der Waals surface area contributed by atoms with Gasteiger partial charge in [-0.2, -0.15) is 4.98 Å². The number of hydrogen-bond acceptors (Lipinski definition) is 6. The highest BCUT2D eigenvalue weighted by molar-refractivity contribution is 5.92. The van der Waals surface area contributed by atoms with Gasteiger partial charge in [0, 0.05) is 11.5 Å². The summed E-state index contributed by atoms with van der Waals surface area (Å²) in [7, 11) is 0. The van der Waals surface area contributed by atoms with Crippen LogP contribution >= 0.6 is 0 Å². The average molecular weight is 357 g/mol. The predicted molar refractivity (Wildman–Crippen MR) is 95.8 cm³/mol. The van der Waals surface area contributed by atoms with Crippen molar-refractivity contribution < 1.29 is 18.8 Å². The van der Waals surface area contributed by atoms with E-state index in [4.69, 9.17) is 14.0 Å². The van der Waals surface area contributed by atoms with Crippen LogP contribution in [0.25, 0.3) is 6.08 Å². The van der Waals surface area contributed by atoms with E-state index in [9.17, 15) is 4.79 Å². The van der Waals surface area contributed by atoms with Crippen LogP contribution in [0, 0.1) is 0 Å². The fraction of sp³-hybridized carbons (Fsp3) is 0.421. The lowest BCUT2D eigenvalue weighted by atomic mass is 9.97. The molecule has 1 amide bonds. The molecule has 138 valence electrons. The van der Waals surface area contributed by atoms with Gasteiger partial charge in [-0.3, -0.25) is 4.79 Å². The van der Waals surface area contributed by atoms with Gasteiger partial charge in [0.25, 0.3) is 0 Å². The van der Waals surface area contributed by atoms with E-state index in [2.05, 4.69) is 15.5 Å². The molecular weight excluding hydrogens is 334 g/mol. The van der Waals surface area contributed by atoms with Gasteiger partial charge in [-0.1, -0.05) is 32.0 Å². The summed E-state index contributed by atoms with van der Waals surface area (Å²) in [5.74, 6) is 2.10. The van der Waals surface area contributed by atoms with E-state index in [1.165, 1.54) is 6.08 Å². The molecule has 7 heteroatoms. The Balaban J connectivity index is 1.67. The summed E-state index contributed by atoms with van der Waals surface area (Å²) in [6.45, 7) is 9.85. The number of carbonyl (C=O) groups is 1. The van der Waals surface area contributed by atoms with Crippen LogP contribution in [0.2, 0.25) is 0 Å². The van der Waals surface area contributed by atoms with Crippen molar-refractivity contribution in [1.82, 2.24) is 15.5 Å². The van der Waals surface area contributed by atoms with Crippen LogP contribution in [-0.4, -0.2) is 22.8 Å². The molecule has 2 aromatic rings. The van der Waals surface area contributed by atoms with Crippen LogP contribution in [-0.2, 0) is 15.7 Å². The lowest BCUT2D eigenvalue weighted by Crippen LogP contribution is -2.41. The molecule has 0 fully saturated rings. The largest absolute Gasteiger partial charge is 0.454 e. The summed E-state index contributed by atoms with van der Waals surface area (Å²) >= 11 is 0. The molecule has 2 heterocycles. The van der Waals surface area contributed by atoms with Gasteiger partial charge in [0.05, 0.1) is 5.54 Å². The fourth-order valence-corrected chi connectivity index (χ4v) is 2.38. The topological polar surface area (TPSA) is 86.5 Å². The molecule has 0 aliphatic carbocycles. The maximum atomic E-state index is 12.3. The summed E-state index contributed by atoms with van der Waals surface area (Å²) < 4.78 is 15.9. The maximum Gasteiger partial charge on any atom is 0.244 e. The minimum atomic E-state index is -0.761. The Hall–Kier alpha value is -2.83. The van der Waals surface area contributed by atoms with Crippen LogP contribution in [0.1, 0.15) is 51.9 Å². The third-order valence-electron chi connectivity index (χ3n) is 3.89. The molecule has 1 aliphatic heterocycles. The Labute approximate surface area is 152 Å². The Bertz CT molecular complexity index is 847. The van der Waals surface area contributed by atoms with Gasteiger partial charge in [-0.25, -0.2) is 0 Å². The van der Waals surface area contributed by atoms with Gasteiger partial charge in [0.2, 0.25) is 18.6 Å². The fourth-order valence-electron chi connectivity index (χ4n) is 2.38. The lowest BCUT2D eigenvalue weighted by Gasteiger charge is -2.21. The number of ether oxygens (including phenoxy) is 2. The second-order valence-electron chi connectivity index (χ2n) is 7.73. The van der Waals surface area contributed by atoms with Crippen molar-refractivity contribution in [2.75, 3.05) is 6.79 Å². The molecule has 0 saturated heterocycles. The van der Waals surface area contributed by atoms with E-state index >= 15 is 0 Å². The van der Waals surface area contributed by atoms with Gasteiger partial charge in [0.1, 0.15) is 0 Å². The van der Waals surface area contributed by atoms with E-state index in [-0.39, 0.29) is 18.1 Å². The molecule has 1 N–H and O–H groups in total. The van der Waals surface area contributed by atoms with E-state index in [1.54, 1.807) is 6.08 Å². The van der Waals surface area contributed by atoms with Crippen LogP contribution < -0.4 is 14.8 Å². The van der Waals surface area contributed by atoms with Gasteiger partial charge < -0.3 is 19.3 Å². The third-order valence-corrected chi connectivity index (χ3v) is 3.89. The number of nitrogens with one attached hydrogen (secondary N) is 1. The Morgan fingerprint density at radius 2 is 1.88 bits per heavy atom. The van der Waals surface area contributed by atoms with Crippen molar-refractivity contribution in [3.63, 3.8) is 0 Å². The zero-order valence-corrected chi connectivity index (χ0v) is 15.6. The van der Waals surface area contributed by atoms with Crippen molar-refractivity contribution in [2.45, 2.75) is 45.6 Å². The molecule has 0 saturated carbocycles. The second kappa shape index (κ2) is 6.48. The average Bonchev–Trinajstić information content (AvgIpc) is 3.21. The molecule has 0 bridgehead atoms. The van der Waals surface area contributed by atoms with Crippen molar-refractivity contribution in [3.05, 3.63) is 41.6 Å². The molecule has 7 nitrogen and oxygen atoms in total. The normalized spacial score (nSPS) is 14.0. The molecular formula is C19H23N3O4. The first-order valence-electron chi connectivity index (χ1n) is 8.40. The number of fused-ring (bicyclic) bond motifs is 1. The van der Waals surface area contributed by atoms with Crippen molar-refractivity contribution in [1.29, 1.82) is 0 Å². The highest BCUT2D eigenvalue weighted by Crippen LogP contribution is 2.32. The van der Waals surface area contributed by atoms with E-state index < -0.39 is 5.54 Å². The lowest BCUT2D eigenvalue weighted by molar-refractivity contribution is -0.118. The summed E-state index contributed by atoms with van der Waals surface area (Å²) in [4.78, 5) is 16.7. The first-order chi connectivity index (χ1) is 12.1. The molecule has 0 spiro atoms. The standard InChI is InChI=1S/C19H23N3O4/c1-18(2,3)17-20-16(22-26-17)19(4,5)21-15(23)9-7-12-6-8-13-14(10-12)25-11-24-13/h6-10H,11H2,1-5H3,(H,21,23)/b9-7+.